The standard InChI is InChI=1S/C17H15N5O2S/c1-11(16(23)19-13-7-4-3-6-12(13)10-18)25-17-21-20-15(22(17)2)14-8-5-9-24-14/h3-9,11H,1-2H3,(H,19,23)/t11-/m1/s1. The highest BCUT2D eigenvalue weighted by molar-refractivity contribution is 8.00. The van der Waals surface area contributed by atoms with Crippen LogP contribution >= 0.6 is 11.8 Å². The zero-order valence-corrected chi connectivity index (χ0v) is 14.4. The number of benzene rings is 1. The van der Waals surface area contributed by atoms with Gasteiger partial charge in [0.1, 0.15) is 6.07 Å². The van der Waals surface area contributed by atoms with Crippen LogP contribution < -0.4 is 5.32 Å². The fraction of sp³-hybridized carbons (Fsp3) is 0.176. The molecule has 8 heteroatoms. The van der Waals surface area contributed by atoms with Gasteiger partial charge in [0.2, 0.25) is 5.91 Å². The molecule has 0 spiro atoms. The van der Waals surface area contributed by atoms with E-state index in [4.69, 9.17) is 9.68 Å². The van der Waals surface area contributed by atoms with Crippen molar-refractivity contribution in [1.29, 1.82) is 5.26 Å². The topological polar surface area (TPSA) is 96.7 Å². The molecule has 0 fully saturated rings. The number of anilines is 1. The number of nitrogens with zero attached hydrogens (tertiary/aromatic N) is 4. The Morgan fingerprint density at radius 1 is 1.32 bits per heavy atom. The Kier molecular flexibility index (Phi) is 4.86. The lowest BCUT2D eigenvalue weighted by molar-refractivity contribution is -0.115. The Hall–Kier alpha value is -3.05. The van der Waals surface area contributed by atoms with Gasteiger partial charge in [0.25, 0.3) is 0 Å². The van der Waals surface area contributed by atoms with Gasteiger partial charge in [0.15, 0.2) is 16.7 Å². The van der Waals surface area contributed by atoms with E-state index in [2.05, 4.69) is 21.6 Å². The monoisotopic (exact) mass is 353 g/mol. The average Bonchev–Trinajstić information content (AvgIpc) is 3.26. The van der Waals surface area contributed by atoms with E-state index in [1.807, 2.05) is 7.05 Å². The molecule has 3 aromatic rings. The molecule has 0 unspecified atom stereocenters. The highest BCUT2D eigenvalue weighted by Crippen LogP contribution is 2.26. The number of para-hydroxylation sites is 1. The van der Waals surface area contributed by atoms with Crippen LogP contribution in [0, 0.1) is 11.3 Å². The van der Waals surface area contributed by atoms with E-state index in [0.717, 1.165) is 0 Å². The molecule has 0 aliphatic carbocycles. The number of carbonyl (C=O) groups is 1. The van der Waals surface area contributed by atoms with Gasteiger partial charge in [-0.2, -0.15) is 5.26 Å². The fourth-order valence-corrected chi connectivity index (χ4v) is 2.99. The molecule has 7 nitrogen and oxygen atoms in total. The van der Waals surface area contributed by atoms with Gasteiger partial charge < -0.3 is 14.3 Å². The predicted molar refractivity (Wildman–Crippen MR) is 93.8 cm³/mol. The normalized spacial score (nSPS) is 11.7. The van der Waals surface area contributed by atoms with Gasteiger partial charge in [-0.25, -0.2) is 0 Å². The van der Waals surface area contributed by atoms with Crippen LogP contribution in [0.2, 0.25) is 0 Å². The highest BCUT2D eigenvalue weighted by Gasteiger charge is 2.20. The van der Waals surface area contributed by atoms with Crippen molar-refractivity contribution in [3.05, 3.63) is 48.2 Å². The van der Waals surface area contributed by atoms with E-state index in [1.54, 1.807) is 54.2 Å². The molecule has 1 atom stereocenters. The van der Waals surface area contributed by atoms with Gasteiger partial charge in [-0.15, -0.1) is 10.2 Å². The smallest absolute Gasteiger partial charge is 0.237 e. The number of carbonyl (C=O) groups excluding carboxylic acids is 1. The summed E-state index contributed by atoms with van der Waals surface area (Å²) in [6.07, 6.45) is 1.57. The molecule has 0 radical (unpaired) electrons. The molecule has 0 aliphatic rings. The van der Waals surface area contributed by atoms with Crippen molar-refractivity contribution >= 4 is 23.4 Å². The van der Waals surface area contributed by atoms with Gasteiger partial charge in [-0.1, -0.05) is 23.9 Å². The summed E-state index contributed by atoms with van der Waals surface area (Å²) in [5, 5.41) is 20.3. The second-order valence-electron chi connectivity index (χ2n) is 5.25. The number of hydrogen-bond acceptors (Lipinski definition) is 6. The highest BCUT2D eigenvalue weighted by atomic mass is 32.2. The van der Waals surface area contributed by atoms with Gasteiger partial charge >= 0.3 is 0 Å². The van der Waals surface area contributed by atoms with Crippen molar-refractivity contribution in [3.8, 4) is 17.7 Å². The summed E-state index contributed by atoms with van der Waals surface area (Å²) in [4.78, 5) is 12.4. The molecule has 126 valence electrons. The summed E-state index contributed by atoms with van der Waals surface area (Å²) < 4.78 is 7.10. The Labute approximate surface area is 148 Å². The molecule has 2 heterocycles. The van der Waals surface area contributed by atoms with Crippen LogP contribution in [0.25, 0.3) is 11.6 Å². The van der Waals surface area contributed by atoms with Crippen molar-refractivity contribution in [2.24, 2.45) is 7.05 Å². The molecular weight excluding hydrogens is 338 g/mol. The lowest BCUT2D eigenvalue weighted by Gasteiger charge is -2.12. The van der Waals surface area contributed by atoms with Crippen LogP contribution in [0.1, 0.15) is 12.5 Å². The van der Waals surface area contributed by atoms with Crippen LogP contribution in [0.15, 0.2) is 52.2 Å². The molecular formula is C17H15N5O2S. The molecule has 25 heavy (non-hydrogen) atoms. The molecule has 0 saturated heterocycles. The van der Waals surface area contributed by atoms with E-state index < -0.39 is 5.25 Å². The van der Waals surface area contributed by atoms with Crippen LogP contribution in [-0.4, -0.2) is 25.9 Å². The quantitative estimate of drug-likeness (QED) is 0.708. The van der Waals surface area contributed by atoms with Crippen LogP contribution in [-0.2, 0) is 11.8 Å². The SMILES string of the molecule is C[C@@H](Sc1nnc(-c2ccco2)n1C)C(=O)Nc1ccccc1C#N. The number of nitriles is 1. The van der Waals surface area contributed by atoms with E-state index in [1.165, 1.54) is 11.8 Å². The van der Waals surface area contributed by atoms with Crippen LogP contribution in [0.5, 0.6) is 0 Å². The van der Waals surface area contributed by atoms with Crippen LogP contribution in [0.4, 0.5) is 5.69 Å². The van der Waals surface area contributed by atoms with Gasteiger partial charge in [-0.3, -0.25) is 4.79 Å². The first-order chi connectivity index (χ1) is 12.1. The minimum absolute atomic E-state index is 0.213. The fourth-order valence-electron chi connectivity index (χ4n) is 2.17. The molecule has 3 rings (SSSR count). The average molecular weight is 353 g/mol. The van der Waals surface area contributed by atoms with Crippen molar-refractivity contribution < 1.29 is 9.21 Å². The van der Waals surface area contributed by atoms with Crippen molar-refractivity contribution in [2.45, 2.75) is 17.3 Å². The number of thioether (sulfide) groups is 1. The van der Waals surface area contributed by atoms with E-state index in [-0.39, 0.29) is 5.91 Å². The van der Waals surface area contributed by atoms with Crippen molar-refractivity contribution in [2.75, 3.05) is 5.32 Å². The zero-order valence-electron chi connectivity index (χ0n) is 13.6. The molecule has 1 amide bonds. The Bertz CT molecular complexity index is 927. The Balaban J connectivity index is 1.71. The lowest BCUT2D eigenvalue weighted by atomic mass is 10.2. The number of aromatic nitrogens is 3. The first kappa shape index (κ1) is 16.8. The molecule has 0 saturated carbocycles. The third kappa shape index (κ3) is 3.56. The largest absolute Gasteiger partial charge is 0.461 e. The Morgan fingerprint density at radius 3 is 2.84 bits per heavy atom. The third-order valence-electron chi connectivity index (χ3n) is 3.53. The second kappa shape index (κ2) is 7.23. The number of rotatable bonds is 5. The molecule has 0 bridgehead atoms. The third-order valence-corrected chi connectivity index (χ3v) is 4.67. The number of hydrogen-bond donors (Lipinski definition) is 1. The van der Waals surface area contributed by atoms with Crippen LogP contribution in [0.3, 0.4) is 0 Å². The zero-order chi connectivity index (χ0) is 17.8. The first-order valence-corrected chi connectivity index (χ1v) is 8.38. The Morgan fingerprint density at radius 2 is 2.12 bits per heavy atom. The van der Waals surface area contributed by atoms with Crippen molar-refractivity contribution in [1.82, 2.24) is 14.8 Å². The lowest BCUT2D eigenvalue weighted by Crippen LogP contribution is -2.23. The summed E-state index contributed by atoms with van der Waals surface area (Å²) in [5.74, 6) is 0.993. The summed E-state index contributed by atoms with van der Waals surface area (Å²) in [5.41, 5.74) is 0.920. The summed E-state index contributed by atoms with van der Waals surface area (Å²) in [7, 11) is 1.82. The predicted octanol–water partition coefficient (Wildman–Crippen LogP) is 3.07. The van der Waals surface area contributed by atoms with Gasteiger partial charge in [0, 0.05) is 7.05 Å². The molecule has 1 N–H and O–H groups in total. The number of nitrogens with one attached hydrogen (secondary N) is 1. The van der Waals surface area contributed by atoms with E-state index >= 15 is 0 Å². The molecule has 2 aromatic heterocycles. The summed E-state index contributed by atoms with van der Waals surface area (Å²) >= 11 is 1.28. The maximum atomic E-state index is 12.4. The van der Waals surface area contributed by atoms with Crippen molar-refractivity contribution in [3.63, 3.8) is 0 Å². The molecule has 0 aliphatic heterocycles. The maximum absolute atomic E-state index is 12.4. The number of amides is 1. The van der Waals surface area contributed by atoms with E-state index in [0.29, 0.717) is 28.0 Å². The minimum atomic E-state index is -0.418. The first-order valence-electron chi connectivity index (χ1n) is 7.50. The summed E-state index contributed by atoms with van der Waals surface area (Å²) in [6.45, 7) is 1.77. The van der Waals surface area contributed by atoms with Gasteiger partial charge in [-0.05, 0) is 31.2 Å². The maximum Gasteiger partial charge on any atom is 0.237 e. The number of furan rings is 1. The summed E-state index contributed by atoms with van der Waals surface area (Å²) in [6, 6.07) is 12.5. The second-order valence-corrected chi connectivity index (χ2v) is 6.56. The van der Waals surface area contributed by atoms with E-state index in [9.17, 15) is 4.79 Å². The minimum Gasteiger partial charge on any atom is -0.461 e. The molecule has 1 aromatic carbocycles. The van der Waals surface area contributed by atoms with Gasteiger partial charge in [0.05, 0.1) is 22.8 Å².